The molecule has 0 fully saturated rings. The van der Waals surface area contributed by atoms with Gasteiger partial charge in [0.2, 0.25) is 5.91 Å². The molecule has 0 saturated carbocycles. The normalized spacial score (nSPS) is 15.0. The monoisotopic (exact) mass is 1100 g/mol. The number of rotatable bonds is 53. The first-order chi connectivity index (χ1) is 38.0. The van der Waals surface area contributed by atoms with Gasteiger partial charge in [-0.2, -0.15) is 0 Å². The summed E-state index contributed by atoms with van der Waals surface area (Å²) in [6, 6.07) is -0.900. The molecule has 0 spiro atoms. The minimum absolute atomic E-state index is 0.0381. The number of nitrogens with one attached hydrogen (secondary N) is 1. The quantitative estimate of drug-likeness (QED) is 0.0243. The van der Waals surface area contributed by atoms with Crippen molar-refractivity contribution in [1.82, 2.24) is 5.32 Å². The Morgan fingerprint density at radius 3 is 1.18 bits per heavy atom. The Kier molecular flexibility index (Phi) is 54.5. The van der Waals surface area contributed by atoms with Crippen LogP contribution in [0.5, 0.6) is 0 Å². The fourth-order valence-corrected chi connectivity index (χ4v) is 8.42. The van der Waals surface area contributed by atoms with Crippen molar-refractivity contribution in [2.45, 2.75) is 219 Å². The Hall–Kier alpha value is -4.14. The molecule has 440 valence electrons. The van der Waals surface area contributed by atoms with Crippen LogP contribution in [0, 0.1) is 0 Å². The van der Waals surface area contributed by atoms with Crippen molar-refractivity contribution in [1.29, 1.82) is 0 Å². The van der Waals surface area contributed by atoms with Crippen LogP contribution in [0.25, 0.3) is 0 Å². The van der Waals surface area contributed by atoms with Gasteiger partial charge < -0.3 is 19.8 Å². The number of hydrogen-bond donors (Lipinski definition) is 3. The summed E-state index contributed by atoms with van der Waals surface area (Å²) in [6.45, 7) is 4.62. The fraction of sp³-hybridized carbons (Fsp3) is 0.580. The van der Waals surface area contributed by atoms with Crippen LogP contribution in [-0.2, 0) is 18.4 Å². The summed E-state index contributed by atoms with van der Waals surface area (Å²) in [6.07, 6.45) is 91.9. The lowest BCUT2D eigenvalue weighted by molar-refractivity contribution is -0.870. The van der Waals surface area contributed by atoms with Gasteiger partial charge in [-0.05, 0) is 122 Å². The van der Waals surface area contributed by atoms with Crippen LogP contribution in [-0.4, -0.2) is 73.4 Å². The third kappa shape index (κ3) is 59.5. The van der Waals surface area contributed by atoms with Gasteiger partial charge in [-0.25, -0.2) is 4.57 Å². The van der Waals surface area contributed by atoms with Crippen molar-refractivity contribution >= 4 is 13.7 Å². The lowest BCUT2D eigenvalue weighted by Gasteiger charge is -2.25. The topological polar surface area (TPSA) is 105 Å². The second-order valence-electron chi connectivity index (χ2n) is 21.0. The van der Waals surface area contributed by atoms with Crippen LogP contribution in [0.15, 0.2) is 170 Å². The van der Waals surface area contributed by atoms with Gasteiger partial charge in [0.15, 0.2) is 0 Å². The third-order valence-corrected chi connectivity index (χ3v) is 13.4. The lowest BCUT2D eigenvalue weighted by Crippen LogP contribution is -2.45. The summed E-state index contributed by atoms with van der Waals surface area (Å²) in [5.41, 5.74) is 0. The van der Waals surface area contributed by atoms with Crippen molar-refractivity contribution < 1.29 is 32.9 Å². The summed E-state index contributed by atoms with van der Waals surface area (Å²) in [5.74, 6) is -0.236. The molecule has 0 aliphatic carbocycles. The standard InChI is InChI=1S/C69H113N2O6P/c1-6-8-10-12-14-16-18-20-22-24-25-26-27-28-29-30-31-32-33-34-35-36-37-38-39-40-41-42-43-44-45-47-49-51-53-55-57-59-61-63-69(73)70-67(66-77-78(74,75)76-65-64-71(3,4)5)68(72)62-60-58-56-54-52-50-48-46-23-21-19-17-15-13-11-9-7-2/h8,10,14,16,20,22,25-26,28-29,31-32,34-35,37-38,40-41,43-44,47,49,52-55,60,62,67-68,72H,6-7,9,11-13,15,17-19,21,23-24,27,30,33,36,39,42,45-46,48,50-51,56-59,61,63-66H2,1-5H3,(H-,70,73,74,75)/p+1/b10-8-,16-14-,22-20-,26-25-,29-28-,32-31-,35-34-,38-37-,41-40-,44-43-,49-47-,54-52+,55-53-,62-60+. The minimum Gasteiger partial charge on any atom is -0.387 e. The van der Waals surface area contributed by atoms with E-state index in [2.05, 4.69) is 177 Å². The summed E-state index contributed by atoms with van der Waals surface area (Å²) < 4.78 is 23.6. The number of amides is 1. The molecular weight excluding hydrogens is 984 g/mol. The van der Waals surface area contributed by atoms with Gasteiger partial charge in [0.25, 0.3) is 0 Å². The van der Waals surface area contributed by atoms with E-state index in [9.17, 15) is 19.4 Å². The molecule has 0 radical (unpaired) electrons. The molecule has 0 saturated heterocycles. The van der Waals surface area contributed by atoms with Crippen LogP contribution < -0.4 is 5.32 Å². The van der Waals surface area contributed by atoms with E-state index in [1.54, 1.807) is 6.08 Å². The Labute approximate surface area is 479 Å². The molecule has 0 aliphatic heterocycles. The summed E-state index contributed by atoms with van der Waals surface area (Å²) in [4.78, 5) is 23.3. The van der Waals surface area contributed by atoms with Crippen LogP contribution in [0.4, 0.5) is 0 Å². The molecule has 8 nitrogen and oxygen atoms in total. The van der Waals surface area contributed by atoms with Crippen molar-refractivity contribution in [2.24, 2.45) is 0 Å². The first-order valence-corrected chi connectivity index (χ1v) is 32.0. The first kappa shape index (κ1) is 73.9. The summed E-state index contributed by atoms with van der Waals surface area (Å²) in [5, 5.41) is 13.9. The number of likely N-dealkylation sites (N-methyl/N-ethyl adjacent to an activating group) is 1. The van der Waals surface area contributed by atoms with E-state index in [0.29, 0.717) is 17.4 Å². The molecule has 3 N–H and O–H groups in total. The molecule has 1 amide bonds. The number of carbonyl (C=O) groups is 1. The zero-order chi connectivity index (χ0) is 57.0. The number of phosphoric ester groups is 1. The van der Waals surface area contributed by atoms with Crippen molar-refractivity contribution in [3.8, 4) is 0 Å². The highest BCUT2D eigenvalue weighted by molar-refractivity contribution is 7.47. The van der Waals surface area contributed by atoms with Crippen molar-refractivity contribution in [3.05, 3.63) is 170 Å². The molecule has 78 heavy (non-hydrogen) atoms. The Balaban J connectivity index is 4.31. The Morgan fingerprint density at radius 1 is 0.449 bits per heavy atom. The number of unbranched alkanes of at least 4 members (excludes halogenated alkanes) is 14. The zero-order valence-electron chi connectivity index (χ0n) is 50.1. The maximum absolute atomic E-state index is 13.0. The van der Waals surface area contributed by atoms with E-state index in [4.69, 9.17) is 9.05 Å². The van der Waals surface area contributed by atoms with Gasteiger partial charge >= 0.3 is 7.82 Å². The lowest BCUT2D eigenvalue weighted by atomic mass is 10.1. The molecule has 9 heteroatoms. The van der Waals surface area contributed by atoms with Gasteiger partial charge in [-0.15, -0.1) is 0 Å². The van der Waals surface area contributed by atoms with Crippen molar-refractivity contribution in [2.75, 3.05) is 40.9 Å². The largest absolute Gasteiger partial charge is 0.472 e. The van der Waals surface area contributed by atoms with Crippen molar-refractivity contribution in [3.63, 3.8) is 0 Å². The van der Waals surface area contributed by atoms with Gasteiger partial charge in [-0.1, -0.05) is 248 Å². The van der Waals surface area contributed by atoms with Crippen LogP contribution in [0.3, 0.4) is 0 Å². The van der Waals surface area contributed by atoms with Crippen LogP contribution >= 0.6 is 7.82 Å². The SMILES string of the molecule is CC/C=C\C/C=C\C/C=C\C/C=C\C/C=C\C/C=C\C/C=C\C/C=C\C/C=C\C/C=C\C/C=C\C/C=C\CCCCC(=O)NC(COP(=O)(O)OCC[N+](C)(C)C)C(O)/C=C/CC/C=C/CCCCCCCCCCCCC. The smallest absolute Gasteiger partial charge is 0.387 e. The molecule has 0 aromatic rings. The predicted octanol–water partition coefficient (Wildman–Crippen LogP) is 19.2. The van der Waals surface area contributed by atoms with E-state index >= 15 is 0 Å². The molecule has 0 bridgehead atoms. The maximum Gasteiger partial charge on any atom is 0.472 e. The number of nitrogens with zero attached hydrogens (tertiary/aromatic N) is 1. The molecule has 0 rings (SSSR count). The molecule has 0 aliphatic rings. The molecule has 0 heterocycles. The van der Waals surface area contributed by atoms with Crippen LogP contribution in [0.2, 0.25) is 0 Å². The van der Waals surface area contributed by atoms with E-state index in [-0.39, 0.29) is 25.5 Å². The number of quaternary nitrogens is 1. The second-order valence-corrected chi connectivity index (χ2v) is 22.4. The third-order valence-electron chi connectivity index (χ3n) is 12.4. The van der Waals surface area contributed by atoms with E-state index in [0.717, 1.165) is 109 Å². The molecule has 0 aromatic heterocycles. The number of aliphatic hydroxyl groups is 1. The molecule has 3 atom stereocenters. The summed E-state index contributed by atoms with van der Waals surface area (Å²) in [7, 11) is 1.50. The average Bonchev–Trinajstić information content (AvgIpc) is 3.40. The molecule has 3 unspecified atom stereocenters. The Bertz CT molecular complexity index is 1870. The maximum atomic E-state index is 13.0. The van der Waals surface area contributed by atoms with Gasteiger partial charge in [0, 0.05) is 6.42 Å². The van der Waals surface area contributed by atoms with Crippen LogP contribution in [0.1, 0.15) is 206 Å². The highest BCUT2D eigenvalue weighted by Gasteiger charge is 2.27. The number of phosphoric acid groups is 1. The number of carbonyl (C=O) groups excluding carboxylic acids is 1. The zero-order valence-corrected chi connectivity index (χ0v) is 51.0. The first-order valence-electron chi connectivity index (χ1n) is 30.5. The average molecular weight is 1100 g/mol. The highest BCUT2D eigenvalue weighted by Crippen LogP contribution is 2.43. The molecule has 0 aromatic carbocycles. The summed E-state index contributed by atoms with van der Waals surface area (Å²) >= 11 is 0. The minimum atomic E-state index is -4.38. The fourth-order valence-electron chi connectivity index (χ4n) is 7.68. The number of aliphatic hydroxyl groups excluding tert-OH is 1. The van der Waals surface area contributed by atoms with E-state index in [1.807, 2.05) is 27.2 Å². The van der Waals surface area contributed by atoms with E-state index < -0.39 is 20.0 Å². The predicted molar refractivity (Wildman–Crippen MR) is 340 cm³/mol. The number of allylic oxidation sites excluding steroid dienone is 27. The van der Waals surface area contributed by atoms with Gasteiger partial charge in [0.05, 0.1) is 39.9 Å². The van der Waals surface area contributed by atoms with Gasteiger partial charge in [0.1, 0.15) is 13.2 Å². The second kappa shape index (κ2) is 57.5. The van der Waals surface area contributed by atoms with E-state index in [1.165, 1.54) is 70.6 Å². The Morgan fingerprint density at radius 2 is 0.782 bits per heavy atom. The number of hydrogen-bond acceptors (Lipinski definition) is 5. The highest BCUT2D eigenvalue weighted by atomic mass is 31.2. The molecular formula is C69H114N2O6P+. The van der Waals surface area contributed by atoms with Gasteiger partial charge in [-0.3, -0.25) is 13.8 Å².